The number of methoxy groups -OCH3 is 1. The van der Waals surface area contributed by atoms with E-state index in [4.69, 9.17) is 10.5 Å². The normalized spacial score (nSPS) is 14.7. The van der Waals surface area contributed by atoms with Gasteiger partial charge in [0.15, 0.2) is 5.96 Å². The van der Waals surface area contributed by atoms with Crippen LogP contribution in [0.2, 0.25) is 0 Å². The fourth-order valence-electron chi connectivity index (χ4n) is 2.80. The van der Waals surface area contributed by atoms with E-state index in [1.54, 1.807) is 31.4 Å². The molecular formula is C20H29ClN6O2. The number of nitrogens with one attached hydrogen (secondary N) is 1. The molecule has 1 fully saturated rings. The SMILES string of the molecule is C=CCN=C(N)NC(=NCC=C)N1CCN(C(=O)c2ccccc2OC)CC1.Cl. The van der Waals surface area contributed by atoms with Crippen LogP contribution >= 0.6 is 12.4 Å². The second-order valence-electron chi connectivity index (χ2n) is 6.07. The zero-order chi connectivity index (χ0) is 20.4. The first kappa shape index (κ1) is 24.0. The highest BCUT2D eigenvalue weighted by Crippen LogP contribution is 2.20. The van der Waals surface area contributed by atoms with Crippen molar-refractivity contribution >= 4 is 30.2 Å². The lowest BCUT2D eigenvalue weighted by atomic mass is 10.1. The molecule has 1 heterocycles. The summed E-state index contributed by atoms with van der Waals surface area (Å²) in [6, 6.07) is 7.25. The zero-order valence-corrected chi connectivity index (χ0v) is 17.5. The first-order valence-electron chi connectivity index (χ1n) is 9.11. The molecule has 1 amide bonds. The van der Waals surface area contributed by atoms with E-state index in [0.717, 1.165) is 0 Å². The molecular weight excluding hydrogens is 392 g/mol. The van der Waals surface area contributed by atoms with E-state index in [2.05, 4.69) is 28.5 Å². The van der Waals surface area contributed by atoms with E-state index in [1.165, 1.54) is 0 Å². The Bertz CT molecular complexity index is 757. The number of halogens is 1. The summed E-state index contributed by atoms with van der Waals surface area (Å²) in [5.41, 5.74) is 6.47. The highest BCUT2D eigenvalue weighted by molar-refractivity contribution is 5.99. The van der Waals surface area contributed by atoms with Crippen molar-refractivity contribution in [3.8, 4) is 5.75 Å². The lowest BCUT2D eigenvalue weighted by molar-refractivity contribution is 0.0687. The molecule has 29 heavy (non-hydrogen) atoms. The number of hydrogen-bond acceptors (Lipinski definition) is 4. The summed E-state index contributed by atoms with van der Waals surface area (Å²) in [4.78, 5) is 25.3. The largest absolute Gasteiger partial charge is 0.496 e. The fourth-order valence-corrected chi connectivity index (χ4v) is 2.80. The molecule has 1 aromatic carbocycles. The van der Waals surface area contributed by atoms with Gasteiger partial charge in [-0.2, -0.15) is 0 Å². The number of hydrogen-bond donors (Lipinski definition) is 2. The molecule has 8 nitrogen and oxygen atoms in total. The molecule has 1 saturated heterocycles. The van der Waals surface area contributed by atoms with Crippen molar-refractivity contribution < 1.29 is 9.53 Å². The van der Waals surface area contributed by atoms with E-state index in [1.807, 2.05) is 21.9 Å². The van der Waals surface area contributed by atoms with Crippen LogP contribution in [0.3, 0.4) is 0 Å². The van der Waals surface area contributed by atoms with Crippen molar-refractivity contribution in [1.82, 2.24) is 15.1 Å². The van der Waals surface area contributed by atoms with Crippen LogP contribution in [0.1, 0.15) is 10.4 Å². The van der Waals surface area contributed by atoms with Gasteiger partial charge in [-0.3, -0.25) is 10.1 Å². The molecule has 1 aliphatic heterocycles. The number of amides is 1. The number of para-hydroxylation sites is 1. The number of nitrogens with zero attached hydrogens (tertiary/aromatic N) is 4. The molecule has 158 valence electrons. The first-order chi connectivity index (χ1) is 13.6. The van der Waals surface area contributed by atoms with E-state index in [-0.39, 0.29) is 24.3 Å². The maximum atomic E-state index is 12.8. The van der Waals surface area contributed by atoms with Gasteiger partial charge in [0.2, 0.25) is 5.96 Å². The molecule has 1 aliphatic rings. The minimum absolute atomic E-state index is 0. The maximum Gasteiger partial charge on any atom is 0.257 e. The minimum Gasteiger partial charge on any atom is -0.496 e. The van der Waals surface area contributed by atoms with Crippen LogP contribution < -0.4 is 15.8 Å². The number of piperazine rings is 1. The van der Waals surface area contributed by atoms with Gasteiger partial charge in [0, 0.05) is 26.2 Å². The third-order valence-corrected chi connectivity index (χ3v) is 4.20. The summed E-state index contributed by atoms with van der Waals surface area (Å²) in [5, 5.41) is 3.03. The number of rotatable bonds is 6. The Morgan fingerprint density at radius 2 is 1.72 bits per heavy atom. The molecule has 9 heteroatoms. The van der Waals surface area contributed by atoms with Gasteiger partial charge >= 0.3 is 0 Å². The van der Waals surface area contributed by atoms with Crippen molar-refractivity contribution in [2.45, 2.75) is 0 Å². The minimum atomic E-state index is -0.0401. The predicted octanol–water partition coefficient (Wildman–Crippen LogP) is 1.51. The summed E-state index contributed by atoms with van der Waals surface area (Å²) in [5.74, 6) is 1.43. The van der Waals surface area contributed by atoms with Crippen molar-refractivity contribution in [1.29, 1.82) is 0 Å². The van der Waals surface area contributed by atoms with E-state index < -0.39 is 0 Å². The highest BCUT2D eigenvalue weighted by Gasteiger charge is 2.25. The van der Waals surface area contributed by atoms with Gasteiger partial charge in [-0.15, -0.1) is 25.6 Å². The first-order valence-corrected chi connectivity index (χ1v) is 9.11. The van der Waals surface area contributed by atoms with E-state index in [9.17, 15) is 4.79 Å². The monoisotopic (exact) mass is 420 g/mol. The molecule has 2 rings (SSSR count). The molecule has 0 bridgehead atoms. The number of nitrogens with two attached hydrogens (primary N) is 1. The molecule has 0 radical (unpaired) electrons. The van der Waals surface area contributed by atoms with E-state index >= 15 is 0 Å². The standard InChI is InChI=1S/C20H28N6O2.ClH/c1-4-10-22-19(21)24-20(23-11-5-2)26-14-12-25(13-15-26)18(27)16-8-6-7-9-17(16)28-3;/h4-9H,1-2,10-15H2,3H3,(H3,21,22,23,24);1H. The van der Waals surface area contributed by atoms with Gasteiger partial charge in [0.05, 0.1) is 25.8 Å². The number of ether oxygens (including phenoxy) is 1. The molecule has 0 aliphatic carbocycles. The lowest BCUT2D eigenvalue weighted by Gasteiger charge is -2.36. The Balaban J connectivity index is 0.00000420. The van der Waals surface area contributed by atoms with Crippen molar-refractivity contribution in [2.75, 3.05) is 46.4 Å². The fraction of sp³-hybridized carbons (Fsp3) is 0.350. The second kappa shape index (κ2) is 12.5. The summed E-state index contributed by atoms with van der Waals surface area (Å²) < 4.78 is 5.31. The quantitative estimate of drug-likeness (QED) is 0.413. The summed E-state index contributed by atoms with van der Waals surface area (Å²) in [7, 11) is 1.57. The number of aliphatic imine (C=N–C) groups is 2. The van der Waals surface area contributed by atoms with Crippen LogP contribution in [0.4, 0.5) is 0 Å². The van der Waals surface area contributed by atoms with Crippen LogP contribution in [0.25, 0.3) is 0 Å². The van der Waals surface area contributed by atoms with Gasteiger partial charge in [0.1, 0.15) is 5.75 Å². The van der Waals surface area contributed by atoms with Crippen LogP contribution in [-0.4, -0.2) is 74.0 Å². The average Bonchev–Trinajstić information content (AvgIpc) is 2.74. The average molecular weight is 421 g/mol. The maximum absolute atomic E-state index is 12.8. The number of carbonyl (C=O) groups excluding carboxylic acids is 1. The summed E-state index contributed by atoms with van der Waals surface area (Å²) in [6.07, 6.45) is 3.37. The van der Waals surface area contributed by atoms with Gasteiger partial charge in [-0.1, -0.05) is 24.3 Å². The topological polar surface area (TPSA) is 95.5 Å². The third-order valence-electron chi connectivity index (χ3n) is 4.20. The van der Waals surface area contributed by atoms with Gasteiger partial charge in [-0.25, -0.2) is 9.98 Å². The van der Waals surface area contributed by atoms with Crippen LogP contribution in [0, 0.1) is 0 Å². The van der Waals surface area contributed by atoms with Crippen LogP contribution in [0.15, 0.2) is 59.6 Å². The smallest absolute Gasteiger partial charge is 0.257 e. The Kier molecular flexibility index (Phi) is 10.3. The summed E-state index contributed by atoms with van der Waals surface area (Å²) >= 11 is 0. The van der Waals surface area contributed by atoms with Crippen molar-refractivity contribution in [3.05, 3.63) is 55.1 Å². The Morgan fingerprint density at radius 3 is 2.34 bits per heavy atom. The Hall–Kier alpha value is -3.00. The van der Waals surface area contributed by atoms with E-state index in [0.29, 0.717) is 56.5 Å². The number of guanidine groups is 2. The van der Waals surface area contributed by atoms with Gasteiger partial charge in [-0.05, 0) is 12.1 Å². The van der Waals surface area contributed by atoms with Crippen LogP contribution in [0.5, 0.6) is 5.75 Å². The molecule has 0 aromatic heterocycles. The Morgan fingerprint density at radius 1 is 1.14 bits per heavy atom. The highest BCUT2D eigenvalue weighted by atomic mass is 35.5. The third kappa shape index (κ3) is 6.83. The predicted molar refractivity (Wildman–Crippen MR) is 120 cm³/mol. The molecule has 3 N–H and O–H groups in total. The molecule has 0 atom stereocenters. The van der Waals surface area contributed by atoms with Gasteiger partial charge < -0.3 is 20.3 Å². The van der Waals surface area contributed by atoms with Gasteiger partial charge in [0.25, 0.3) is 5.91 Å². The zero-order valence-electron chi connectivity index (χ0n) is 16.7. The van der Waals surface area contributed by atoms with Crippen molar-refractivity contribution in [2.24, 2.45) is 15.7 Å². The summed E-state index contributed by atoms with van der Waals surface area (Å²) in [6.45, 7) is 10.6. The van der Waals surface area contributed by atoms with Crippen LogP contribution in [-0.2, 0) is 0 Å². The Labute approximate surface area is 178 Å². The number of carbonyl (C=O) groups is 1. The molecule has 0 saturated carbocycles. The molecule has 0 spiro atoms. The number of benzene rings is 1. The van der Waals surface area contributed by atoms with Crippen molar-refractivity contribution in [3.63, 3.8) is 0 Å². The molecule has 1 aromatic rings. The molecule has 0 unspecified atom stereocenters. The lowest BCUT2D eigenvalue weighted by Crippen LogP contribution is -2.55. The second-order valence-corrected chi connectivity index (χ2v) is 6.07.